The zero-order valence-corrected chi connectivity index (χ0v) is 8.86. The molecule has 6 nitrogen and oxygen atoms in total. The molecule has 0 aliphatic rings. The van der Waals surface area contributed by atoms with E-state index in [1.165, 1.54) is 30.3 Å². The lowest BCUT2D eigenvalue weighted by Gasteiger charge is -2.26. The van der Waals surface area contributed by atoms with Crippen molar-refractivity contribution in [3.8, 4) is 0 Å². The van der Waals surface area contributed by atoms with Gasteiger partial charge in [-0.15, -0.1) is 0 Å². The molecule has 1 rings (SSSR count). The fourth-order valence-electron chi connectivity index (χ4n) is 0.718. The Morgan fingerprint density at radius 1 is 1.33 bits per heavy atom. The summed E-state index contributed by atoms with van der Waals surface area (Å²) in [7, 11) is -4.98. The maximum Gasteiger partial charge on any atom is 0.240 e. The first-order valence-corrected chi connectivity index (χ1v) is 5.78. The Balaban J connectivity index is 2.65. The minimum Gasteiger partial charge on any atom is -0.789 e. The molecule has 0 amide bonds. The van der Waals surface area contributed by atoms with Gasteiger partial charge in [-0.3, -0.25) is 3.97 Å². The average molecular weight is 245 g/mol. The summed E-state index contributed by atoms with van der Waals surface area (Å²) in [4.78, 5) is 33.9. The zero-order valence-electron chi connectivity index (χ0n) is 7.15. The van der Waals surface area contributed by atoms with E-state index in [9.17, 15) is 19.1 Å². The molecule has 0 spiro atoms. The molecule has 0 unspecified atom stereocenters. The number of isocyanates is 1. The Kier molecular flexibility index (Phi) is 4.23. The van der Waals surface area contributed by atoms with Crippen molar-refractivity contribution in [2.24, 2.45) is 4.99 Å². The Hall–Kier alpha value is -0.940. The first-order valence-electron chi connectivity index (χ1n) is 3.57. The summed E-state index contributed by atoms with van der Waals surface area (Å²) in [5.41, 5.74) is 0.377. The third-order valence-electron chi connectivity index (χ3n) is 1.24. The molecule has 8 heteroatoms. The Morgan fingerprint density at radius 2 is 1.93 bits per heavy atom. The van der Waals surface area contributed by atoms with Gasteiger partial charge in [0.05, 0.1) is 13.5 Å². The lowest BCUT2D eigenvalue weighted by Crippen LogP contribution is -2.13. The third kappa shape index (κ3) is 4.90. The smallest absolute Gasteiger partial charge is 0.240 e. The second-order valence-corrected chi connectivity index (χ2v) is 4.43. The molecule has 15 heavy (non-hydrogen) atoms. The highest BCUT2D eigenvalue weighted by molar-refractivity contribution is 7.97. The normalized spacial score (nSPS) is 10.8. The van der Waals surface area contributed by atoms with Gasteiger partial charge in [0.1, 0.15) is 0 Å². The summed E-state index contributed by atoms with van der Waals surface area (Å²) in [6, 6.07) is 5.82. The summed E-state index contributed by atoms with van der Waals surface area (Å²) >= 11 is 0.426. The van der Waals surface area contributed by atoms with Gasteiger partial charge in [-0.05, 0) is 24.3 Å². The molecule has 0 aromatic heterocycles. The number of hydrogen-bond acceptors (Lipinski definition) is 7. The topological polar surface area (TPSA) is 102 Å². The van der Waals surface area contributed by atoms with Crippen molar-refractivity contribution in [3.05, 3.63) is 24.3 Å². The van der Waals surface area contributed by atoms with Crippen molar-refractivity contribution < 1.29 is 23.1 Å². The quantitative estimate of drug-likeness (QED) is 0.331. The molecule has 1 aromatic rings. The van der Waals surface area contributed by atoms with Crippen LogP contribution in [0.4, 0.5) is 5.69 Å². The predicted molar refractivity (Wildman–Crippen MR) is 48.8 cm³/mol. The van der Waals surface area contributed by atoms with E-state index in [1.54, 1.807) is 0 Å². The predicted octanol–water partition coefficient (Wildman–Crippen LogP) is 0.506. The Bertz CT molecular complexity index is 422. The molecule has 0 saturated heterocycles. The third-order valence-corrected chi connectivity index (χ3v) is 2.73. The molecule has 0 aliphatic heterocycles. The number of benzene rings is 1. The van der Waals surface area contributed by atoms with Crippen molar-refractivity contribution in [2.45, 2.75) is 4.90 Å². The van der Waals surface area contributed by atoms with Crippen LogP contribution in [0.5, 0.6) is 0 Å². The largest absolute Gasteiger partial charge is 0.789 e. The highest BCUT2D eigenvalue weighted by Crippen LogP contribution is 2.36. The van der Waals surface area contributed by atoms with Gasteiger partial charge in [0.2, 0.25) is 6.08 Å². The van der Waals surface area contributed by atoms with E-state index >= 15 is 0 Å². The summed E-state index contributed by atoms with van der Waals surface area (Å²) in [5.74, 6) is 0. The first-order chi connectivity index (χ1) is 7.01. The van der Waals surface area contributed by atoms with Crippen LogP contribution in [0.25, 0.3) is 0 Å². The SMILES string of the molecule is O=C=Nc1ccc(SOP(=O)([O-])[O-])cc1. The van der Waals surface area contributed by atoms with Crippen molar-refractivity contribution in [1.82, 2.24) is 0 Å². The van der Waals surface area contributed by atoms with Crippen LogP contribution in [-0.2, 0) is 13.3 Å². The number of aliphatic imine (C=N–C) groups is 1. The van der Waals surface area contributed by atoms with Crippen LogP contribution in [0.2, 0.25) is 0 Å². The van der Waals surface area contributed by atoms with Crippen molar-refractivity contribution in [3.63, 3.8) is 0 Å². The molecule has 0 N–H and O–H groups in total. The molecule has 0 atom stereocenters. The number of nitrogens with zero attached hydrogens (tertiary/aromatic N) is 1. The molecular weight excluding hydrogens is 241 g/mol. The fraction of sp³-hybridized carbons (Fsp3) is 0. The van der Waals surface area contributed by atoms with E-state index in [0.29, 0.717) is 22.6 Å². The Morgan fingerprint density at radius 3 is 2.40 bits per heavy atom. The van der Waals surface area contributed by atoms with Crippen LogP contribution in [0, 0.1) is 0 Å². The van der Waals surface area contributed by atoms with E-state index in [0.717, 1.165) is 0 Å². The van der Waals surface area contributed by atoms with Gasteiger partial charge < -0.3 is 14.4 Å². The van der Waals surface area contributed by atoms with E-state index in [2.05, 4.69) is 8.96 Å². The molecular formula is C7H4NO5PS-2. The van der Waals surface area contributed by atoms with Crippen molar-refractivity contribution in [2.75, 3.05) is 0 Å². The number of rotatable bonds is 4. The van der Waals surface area contributed by atoms with Crippen LogP contribution in [0.1, 0.15) is 0 Å². The minimum absolute atomic E-state index is 0.377. The zero-order chi connectivity index (χ0) is 11.3. The van der Waals surface area contributed by atoms with Crippen molar-refractivity contribution >= 4 is 31.6 Å². The molecule has 0 fully saturated rings. The molecule has 1 aromatic carbocycles. The van der Waals surface area contributed by atoms with Gasteiger partial charge in [-0.1, -0.05) is 0 Å². The second kappa shape index (κ2) is 5.23. The van der Waals surface area contributed by atoms with Gasteiger partial charge in [0.25, 0.3) is 0 Å². The van der Waals surface area contributed by atoms with Crippen LogP contribution in [0.15, 0.2) is 34.2 Å². The average Bonchev–Trinajstić information content (AvgIpc) is 2.16. The molecule has 0 bridgehead atoms. The summed E-state index contributed by atoms with van der Waals surface area (Å²) in [6.07, 6.45) is 1.35. The number of phosphoric acid groups is 1. The molecule has 0 heterocycles. The van der Waals surface area contributed by atoms with Crippen LogP contribution in [0.3, 0.4) is 0 Å². The standard InChI is InChI=1S/C7H6NO5PS/c9-5-8-6-1-3-7(4-2-6)15-13-14(10,11)12/h1-4H,(H2,10,11,12)/p-2. The summed E-state index contributed by atoms with van der Waals surface area (Å²) < 4.78 is 14.1. The van der Waals surface area contributed by atoms with E-state index in [4.69, 9.17) is 0 Å². The maximum absolute atomic E-state index is 10.1. The second-order valence-electron chi connectivity index (χ2n) is 2.30. The molecule has 0 radical (unpaired) electrons. The van der Waals surface area contributed by atoms with Crippen LogP contribution < -0.4 is 9.79 Å². The lowest BCUT2D eigenvalue weighted by atomic mass is 10.3. The monoisotopic (exact) mass is 245 g/mol. The van der Waals surface area contributed by atoms with E-state index in [-0.39, 0.29) is 0 Å². The summed E-state index contributed by atoms with van der Waals surface area (Å²) in [6.45, 7) is 0. The van der Waals surface area contributed by atoms with Gasteiger partial charge in [-0.25, -0.2) is 4.79 Å². The number of carbonyl (C=O) groups excluding carboxylic acids is 1. The number of hydrogen-bond donors (Lipinski definition) is 0. The fourth-order valence-corrected chi connectivity index (χ4v) is 1.67. The molecule has 0 aliphatic carbocycles. The van der Waals surface area contributed by atoms with E-state index in [1.807, 2.05) is 0 Å². The maximum atomic E-state index is 10.1. The van der Waals surface area contributed by atoms with Crippen LogP contribution in [-0.4, -0.2) is 6.08 Å². The minimum atomic E-state index is -4.98. The highest BCUT2D eigenvalue weighted by Gasteiger charge is 1.97. The van der Waals surface area contributed by atoms with Gasteiger partial charge in [0.15, 0.2) is 0 Å². The first kappa shape index (κ1) is 12.1. The lowest BCUT2D eigenvalue weighted by molar-refractivity contribution is -0.332. The summed E-state index contributed by atoms with van der Waals surface area (Å²) in [5, 5.41) is 0. The molecule has 80 valence electrons. The van der Waals surface area contributed by atoms with Crippen molar-refractivity contribution in [1.29, 1.82) is 0 Å². The van der Waals surface area contributed by atoms with Crippen LogP contribution >= 0.6 is 19.9 Å². The molecule has 0 saturated carbocycles. The van der Waals surface area contributed by atoms with Gasteiger partial charge in [-0.2, -0.15) is 4.99 Å². The highest BCUT2D eigenvalue weighted by atomic mass is 32.2. The Labute approximate surface area is 89.4 Å². The van der Waals surface area contributed by atoms with Gasteiger partial charge >= 0.3 is 0 Å². The van der Waals surface area contributed by atoms with Gasteiger partial charge in [0, 0.05) is 16.9 Å². The van der Waals surface area contributed by atoms with E-state index < -0.39 is 7.82 Å².